The standard InChI is InChI=1S/C22H20Cl2N6O8S2/c1-7(25)27-11-5-3-9-17(21(11)39(31,32)33)37-19-13(23)16-20(14(24)15(19)29-9)38-18-10(30-16)4-6-12(28-8(2)26)22(18)40(34,35)36/h3-8,27,29H,25-26H2,1-2H3,(H,31,32,33)(H,34,35,36). The number of fused-ring (bicyclic) bond motifs is 4. The minimum Gasteiger partial charge on any atom is -0.450 e. The summed E-state index contributed by atoms with van der Waals surface area (Å²) in [5.41, 5.74) is 11.2. The summed E-state index contributed by atoms with van der Waals surface area (Å²) in [6, 6.07) is 5.44. The van der Waals surface area contributed by atoms with Gasteiger partial charge in [0.25, 0.3) is 10.1 Å². The van der Waals surface area contributed by atoms with Gasteiger partial charge in [-0.05, 0) is 38.1 Å². The average molecular weight is 631 g/mol. The van der Waals surface area contributed by atoms with Crippen LogP contribution in [0, 0.1) is 0 Å². The number of anilines is 3. The van der Waals surface area contributed by atoms with Crippen LogP contribution in [-0.2, 0) is 20.2 Å². The van der Waals surface area contributed by atoms with Gasteiger partial charge in [-0.15, -0.1) is 0 Å². The highest BCUT2D eigenvalue weighted by atomic mass is 35.5. The van der Waals surface area contributed by atoms with Crippen LogP contribution in [0.15, 0.2) is 43.5 Å². The molecule has 3 aliphatic rings. The Morgan fingerprint density at radius 1 is 1.00 bits per heavy atom. The van der Waals surface area contributed by atoms with Gasteiger partial charge in [0.15, 0.2) is 32.6 Å². The molecule has 2 aromatic carbocycles. The molecular weight excluding hydrogens is 611 g/mol. The maximum atomic E-state index is 12.3. The second-order valence-corrected chi connectivity index (χ2v) is 12.3. The van der Waals surface area contributed by atoms with E-state index in [0.29, 0.717) is 0 Å². The second-order valence-electron chi connectivity index (χ2n) is 8.78. The van der Waals surface area contributed by atoms with E-state index in [9.17, 15) is 25.9 Å². The van der Waals surface area contributed by atoms with Gasteiger partial charge >= 0.3 is 10.1 Å². The minimum absolute atomic E-state index is 0.0237. The molecule has 0 saturated heterocycles. The number of nitrogens with one attached hydrogen (secondary N) is 2. The molecule has 1 aliphatic carbocycles. The molecule has 2 atom stereocenters. The fourth-order valence-corrected chi connectivity index (χ4v) is 6.25. The molecule has 40 heavy (non-hydrogen) atoms. The normalized spacial score (nSPS) is 15.2. The van der Waals surface area contributed by atoms with Crippen LogP contribution in [0.4, 0.5) is 17.1 Å². The van der Waals surface area contributed by atoms with Gasteiger partial charge in [0.2, 0.25) is 0 Å². The van der Waals surface area contributed by atoms with Crippen molar-refractivity contribution in [2.24, 2.45) is 16.5 Å². The first-order valence-corrected chi connectivity index (χ1v) is 14.9. The van der Waals surface area contributed by atoms with Crippen LogP contribution in [0.5, 0.6) is 11.5 Å². The predicted molar refractivity (Wildman–Crippen MR) is 147 cm³/mol. The molecule has 0 spiro atoms. The second kappa shape index (κ2) is 9.71. The molecule has 2 heterocycles. The van der Waals surface area contributed by atoms with Gasteiger partial charge in [0, 0.05) is 0 Å². The summed E-state index contributed by atoms with van der Waals surface area (Å²) >= 11 is 13.3. The number of halogens is 2. The maximum Gasteiger partial charge on any atom is 0.300 e. The first-order valence-electron chi connectivity index (χ1n) is 11.2. The van der Waals surface area contributed by atoms with E-state index in [0.717, 1.165) is 0 Å². The van der Waals surface area contributed by atoms with Crippen molar-refractivity contribution in [1.82, 2.24) is 4.98 Å². The highest BCUT2D eigenvalue weighted by molar-refractivity contribution is 7.86. The van der Waals surface area contributed by atoms with E-state index in [2.05, 4.69) is 20.6 Å². The summed E-state index contributed by atoms with van der Waals surface area (Å²) in [5, 5.41) is 5.09. The van der Waals surface area contributed by atoms with Gasteiger partial charge < -0.3 is 31.3 Å². The Morgan fingerprint density at radius 2 is 1.68 bits per heavy atom. The zero-order valence-electron chi connectivity index (χ0n) is 20.4. The molecule has 14 nitrogen and oxygen atoms in total. The van der Waals surface area contributed by atoms with Crippen molar-refractivity contribution in [2.75, 3.05) is 10.6 Å². The molecule has 0 radical (unpaired) electrons. The van der Waals surface area contributed by atoms with Gasteiger partial charge in [-0.25, -0.2) is 4.98 Å². The molecule has 0 fully saturated rings. The van der Waals surface area contributed by atoms with E-state index in [4.69, 9.17) is 43.8 Å². The van der Waals surface area contributed by atoms with Gasteiger partial charge in [-0.2, -0.15) is 16.8 Å². The molecular formula is C22H20Cl2N6O8S2. The van der Waals surface area contributed by atoms with Crippen LogP contribution in [-0.4, -0.2) is 43.3 Å². The molecule has 2 aliphatic heterocycles. The molecule has 0 amide bonds. The van der Waals surface area contributed by atoms with Crippen molar-refractivity contribution in [1.29, 1.82) is 0 Å². The Hall–Kier alpha value is -3.22. The van der Waals surface area contributed by atoms with E-state index in [1.165, 1.54) is 31.2 Å². The Labute approximate surface area is 236 Å². The molecule has 0 bridgehead atoms. The molecule has 212 valence electrons. The van der Waals surface area contributed by atoms with E-state index in [-0.39, 0.29) is 66.5 Å². The lowest BCUT2D eigenvalue weighted by molar-refractivity contribution is 0.449. The van der Waals surface area contributed by atoms with Gasteiger partial charge in [-0.3, -0.25) is 14.1 Å². The molecule has 2 unspecified atom stereocenters. The third-order valence-electron chi connectivity index (χ3n) is 5.59. The van der Waals surface area contributed by atoms with Crippen molar-refractivity contribution >= 4 is 71.6 Å². The molecule has 0 saturated carbocycles. The van der Waals surface area contributed by atoms with Gasteiger partial charge in [0.05, 0.1) is 29.1 Å². The molecule has 2 aromatic rings. The number of aromatic nitrogens is 1. The van der Waals surface area contributed by atoms with Crippen molar-refractivity contribution in [3.8, 4) is 23.0 Å². The summed E-state index contributed by atoms with van der Waals surface area (Å²) in [4.78, 5) is 7.10. The number of hydrogen-bond donors (Lipinski definition) is 6. The van der Waals surface area contributed by atoms with Crippen molar-refractivity contribution in [3.63, 3.8) is 0 Å². The van der Waals surface area contributed by atoms with Crippen LogP contribution in [0.2, 0.25) is 10.0 Å². The SMILES string of the molecule is CC(N)N=c1ccc2nc3c(Cl)c4c(c(Cl)c3oc-2c1S(=O)(=O)O)Nc1ccc(NC(C)N)c(S(=O)(=O)O)c1O4. The van der Waals surface area contributed by atoms with E-state index >= 15 is 0 Å². The van der Waals surface area contributed by atoms with Crippen molar-refractivity contribution < 1.29 is 35.1 Å². The number of rotatable bonds is 5. The first kappa shape index (κ1) is 28.3. The highest BCUT2D eigenvalue weighted by Gasteiger charge is 2.34. The molecule has 18 heteroatoms. The number of nitrogens with two attached hydrogens (primary N) is 2. The minimum atomic E-state index is -4.88. The predicted octanol–water partition coefficient (Wildman–Crippen LogP) is 3.50. The zero-order valence-corrected chi connectivity index (χ0v) is 23.6. The highest BCUT2D eigenvalue weighted by Crippen LogP contribution is 2.55. The Kier molecular flexibility index (Phi) is 6.87. The Bertz CT molecular complexity index is 1980. The largest absolute Gasteiger partial charge is 0.450 e. The topological polar surface area (TPSA) is 232 Å². The molecule has 0 aromatic heterocycles. The van der Waals surface area contributed by atoms with E-state index < -0.39 is 42.4 Å². The van der Waals surface area contributed by atoms with E-state index in [1.54, 1.807) is 6.92 Å². The Balaban J connectivity index is 1.81. The molecule has 5 rings (SSSR count). The summed E-state index contributed by atoms with van der Waals surface area (Å²) in [6.07, 6.45) is -1.49. The maximum absolute atomic E-state index is 12.3. The fourth-order valence-electron chi connectivity index (χ4n) is 4.17. The van der Waals surface area contributed by atoms with E-state index in [1.807, 2.05) is 0 Å². The van der Waals surface area contributed by atoms with Crippen LogP contribution < -0.4 is 32.2 Å². The lowest BCUT2D eigenvalue weighted by Gasteiger charge is -2.27. The number of nitrogens with zero attached hydrogens (tertiary/aromatic N) is 2. The quantitative estimate of drug-likeness (QED) is 0.0927. The van der Waals surface area contributed by atoms with Crippen LogP contribution in [0.1, 0.15) is 13.8 Å². The number of ether oxygens (including phenoxy) is 1. The summed E-state index contributed by atoms with van der Waals surface area (Å²) in [5.74, 6) is -0.825. The summed E-state index contributed by atoms with van der Waals surface area (Å²) in [6.45, 7) is 3.06. The Morgan fingerprint density at radius 3 is 2.27 bits per heavy atom. The smallest absolute Gasteiger partial charge is 0.300 e. The van der Waals surface area contributed by atoms with Crippen LogP contribution >= 0.6 is 23.2 Å². The average Bonchev–Trinajstić information content (AvgIpc) is 2.83. The first-order chi connectivity index (χ1) is 18.6. The number of benzene rings is 3. The number of hydrogen-bond acceptors (Lipinski definition) is 12. The summed E-state index contributed by atoms with van der Waals surface area (Å²) in [7, 11) is -9.72. The van der Waals surface area contributed by atoms with Gasteiger partial charge in [0.1, 0.15) is 26.9 Å². The lowest BCUT2D eigenvalue weighted by atomic mass is 10.1. The van der Waals surface area contributed by atoms with Crippen molar-refractivity contribution in [3.05, 3.63) is 39.7 Å². The molecule has 8 N–H and O–H groups in total. The third-order valence-corrected chi connectivity index (χ3v) is 8.14. The lowest BCUT2D eigenvalue weighted by Crippen LogP contribution is -2.26. The van der Waals surface area contributed by atoms with Crippen LogP contribution in [0.3, 0.4) is 0 Å². The van der Waals surface area contributed by atoms with Crippen LogP contribution in [0.25, 0.3) is 22.6 Å². The van der Waals surface area contributed by atoms with Gasteiger partial charge in [-0.1, -0.05) is 23.2 Å². The van der Waals surface area contributed by atoms with Crippen molar-refractivity contribution in [2.45, 2.75) is 36.0 Å². The monoisotopic (exact) mass is 630 g/mol. The third kappa shape index (κ3) is 4.82. The summed E-state index contributed by atoms with van der Waals surface area (Å²) < 4.78 is 81.0. The zero-order chi connectivity index (χ0) is 29.3. The fraction of sp³-hybridized carbons (Fsp3) is 0.182.